The van der Waals surface area contributed by atoms with E-state index >= 15 is 4.39 Å². The Morgan fingerprint density at radius 2 is 1.82 bits per heavy atom. The van der Waals surface area contributed by atoms with Crippen molar-refractivity contribution < 1.29 is 18.6 Å². The monoisotopic (exact) mass is 542 g/mol. The summed E-state index contributed by atoms with van der Waals surface area (Å²) in [5, 5.41) is 5.62. The number of fused-ring (bicyclic) bond motifs is 1. The van der Waals surface area contributed by atoms with Gasteiger partial charge < -0.3 is 19.1 Å². The fourth-order valence-electron chi connectivity index (χ4n) is 5.95. The Labute approximate surface area is 227 Å². The second kappa shape index (κ2) is 9.93. The van der Waals surface area contributed by atoms with E-state index in [1.165, 1.54) is 0 Å². The van der Waals surface area contributed by atoms with Gasteiger partial charge in [0.2, 0.25) is 0 Å². The highest BCUT2D eigenvalue weighted by atomic mass is 32.1. The number of hydrogen-bond acceptors (Lipinski definition) is 9. The van der Waals surface area contributed by atoms with Gasteiger partial charge in [0.1, 0.15) is 12.0 Å². The first kappa shape index (κ1) is 25.8. The molecule has 9 nitrogen and oxygen atoms in total. The molecule has 0 amide bonds. The summed E-state index contributed by atoms with van der Waals surface area (Å²) in [5.74, 6) is 1.35. The maximum atomic E-state index is 15.8. The van der Waals surface area contributed by atoms with Crippen molar-refractivity contribution in [3.63, 3.8) is 0 Å². The van der Waals surface area contributed by atoms with Gasteiger partial charge in [-0.2, -0.15) is 27.7 Å². The fourth-order valence-corrected chi connectivity index (χ4v) is 6.38. The number of ether oxygens (including phenoxy) is 3. The van der Waals surface area contributed by atoms with Crippen LogP contribution in [0.2, 0.25) is 0 Å². The molecule has 204 valence electrons. The molecular formula is C27H35FN6O3S. The van der Waals surface area contributed by atoms with Gasteiger partial charge in [0.25, 0.3) is 0 Å². The quantitative estimate of drug-likeness (QED) is 0.492. The summed E-state index contributed by atoms with van der Waals surface area (Å²) >= 11 is 5.00. The lowest BCUT2D eigenvalue weighted by atomic mass is 9.83. The number of thiol groups is 1. The number of nitrogens with zero attached hydrogens (tertiary/aromatic N) is 6. The van der Waals surface area contributed by atoms with Crippen LogP contribution >= 0.6 is 12.6 Å². The molecule has 3 aromatic rings. The van der Waals surface area contributed by atoms with Gasteiger partial charge in [0.05, 0.1) is 55.0 Å². The molecule has 0 saturated carbocycles. The Hall–Kier alpha value is -2.47. The number of likely N-dealkylation sites (tertiary alicyclic amines) is 1. The Kier molecular flexibility index (Phi) is 6.74. The zero-order valence-corrected chi connectivity index (χ0v) is 23.2. The van der Waals surface area contributed by atoms with Crippen molar-refractivity contribution in [1.82, 2.24) is 24.6 Å². The molecule has 4 atom stereocenters. The van der Waals surface area contributed by atoms with Crippen LogP contribution in [0.25, 0.3) is 16.7 Å². The number of halogens is 1. The van der Waals surface area contributed by atoms with Crippen molar-refractivity contribution in [3.8, 4) is 11.8 Å². The van der Waals surface area contributed by atoms with Crippen LogP contribution in [0.5, 0.6) is 6.01 Å². The Morgan fingerprint density at radius 1 is 1.08 bits per heavy atom. The van der Waals surface area contributed by atoms with Gasteiger partial charge in [-0.25, -0.2) is 9.07 Å². The molecule has 3 fully saturated rings. The minimum atomic E-state index is -1.11. The summed E-state index contributed by atoms with van der Waals surface area (Å²) in [6.07, 6.45) is 1.50. The van der Waals surface area contributed by atoms with Gasteiger partial charge in [0.15, 0.2) is 5.82 Å². The second-order valence-electron chi connectivity index (χ2n) is 10.8. The average molecular weight is 543 g/mol. The van der Waals surface area contributed by atoms with Crippen LogP contribution in [0.15, 0.2) is 24.4 Å². The van der Waals surface area contributed by atoms with Crippen molar-refractivity contribution in [2.24, 2.45) is 0 Å². The van der Waals surface area contributed by atoms with Gasteiger partial charge in [-0.15, -0.1) is 0 Å². The first-order chi connectivity index (χ1) is 18.2. The molecule has 1 unspecified atom stereocenters. The molecule has 3 saturated heterocycles. The molecule has 0 N–H and O–H groups in total. The second-order valence-corrected chi connectivity index (χ2v) is 11.6. The smallest absolute Gasteiger partial charge is 0.320 e. The summed E-state index contributed by atoms with van der Waals surface area (Å²) in [6.45, 7) is 10.1. The maximum absolute atomic E-state index is 15.8. The Balaban J connectivity index is 1.37. The summed E-state index contributed by atoms with van der Waals surface area (Å²) in [4.78, 5) is 13.6. The van der Waals surface area contributed by atoms with Crippen molar-refractivity contribution in [2.45, 2.75) is 56.4 Å². The van der Waals surface area contributed by atoms with Crippen LogP contribution in [-0.4, -0.2) is 95.6 Å². The van der Waals surface area contributed by atoms with Gasteiger partial charge in [-0.3, -0.25) is 4.90 Å². The highest BCUT2D eigenvalue weighted by Crippen LogP contribution is 2.44. The number of aromatic nitrogens is 4. The number of hydrogen-bond donors (Lipinski definition) is 1. The molecule has 5 heterocycles. The SMILES string of the molecule is COc1nc(N2C[C@@H](C)O[C@@H](C)C2)cc(-n2ncc3cc(C)c([C@@]4(S)CCN(C5COC5)CC4F)cc32)n1. The van der Waals surface area contributed by atoms with Crippen LogP contribution in [0.1, 0.15) is 31.4 Å². The number of rotatable bonds is 5. The zero-order chi connectivity index (χ0) is 26.6. The van der Waals surface area contributed by atoms with Gasteiger partial charge >= 0.3 is 6.01 Å². The lowest BCUT2D eigenvalue weighted by molar-refractivity contribution is -0.0827. The zero-order valence-electron chi connectivity index (χ0n) is 22.3. The van der Waals surface area contributed by atoms with E-state index in [-0.39, 0.29) is 18.2 Å². The molecule has 1 aromatic carbocycles. The predicted octanol–water partition coefficient (Wildman–Crippen LogP) is 3.31. The summed E-state index contributed by atoms with van der Waals surface area (Å²) < 4.78 is 33.4. The summed E-state index contributed by atoms with van der Waals surface area (Å²) in [5.41, 5.74) is 2.74. The number of benzene rings is 1. The average Bonchev–Trinajstić information content (AvgIpc) is 3.26. The highest BCUT2D eigenvalue weighted by molar-refractivity contribution is 7.81. The Bertz CT molecular complexity index is 1330. The molecule has 0 aliphatic carbocycles. The van der Waals surface area contributed by atoms with E-state index in [4.69, 9.17) is 26.8 Å². The fraction of sp³-hybridized carbons (Fsp3) is 0.593. The number of piperidine rings is 1. The molecule has 6 rings (SSSR count). The van der Waals surface area contributed by atoms with Crippen LogP contribution in [0.3, 0.4) is 0 Å². The van der Waals surface area contributed by atoms with Crippen molar-refractivity contribution >= 4 is 29.3 Å². The van der Waals surface area contributed by atoms with E-state index in [0.29, 0.717) is 38.0 Å². The molecule has 2 aromatic heterocycles. The third kappa shape index (κ3) is 4.53. The minimum absolute atomic E-state index is 0.0858. The molecule has 0 spiro atoms. The normalized spacial score (nSPS) is 29.0. The van der Waals surface area contributed by atoms with Crippen molar-refractivity contribution in [1.29, 1.82) is 0 Å². The van der Waals surface area contributed by atoms with Crippen LogP contribution in [-0.2, 0) is 14.2 Å². The van der Waals surface area contributed by atoms with Crippen molar-refractivity contribution in [3.05, 3.63) is 35.5 Å². The first-order valence-corrected chi connectivity index (χ1v) is 13.7. The van der Waals surface area contributed by atoms with E-state index in [0.717, 1.165) is 47.5 Å². The molecule has 3 aliphatic heterocycles. The van der Waals surface area contributed by atoms with E-state index in [9.17, 15) is 0 Å². The van der Waals surface area contributed by atoms with E-state index < -0.39 is 10.9 Å². The number of anilines is 1. The van der Waals surface area contributed by atoms with Gasteiger partial charge in [-0.05, 0) is 50.5 Å². The first-order valence-electron chi connectivity index (χ1n) is 13.3. The largest absolute Gasteiger partial charge is 0.467 e. The minimum Gasteiger partial charge on any atom is -0.467 e. The summed E-state index contributed by atoms with van der Waals surface area (Å²) in [6, 6.07) is 6.60. The standard InChI is InChI=1S/C27H35FN6O3S/c1-16-7-19-10-29-34(25-9-24(30-26(31-25)35-4)33-11-17(2)37-18(3)12-33)22(19)8-21(16)27(38)5-6-32(13-23(27)28)20-14-36-15-20/h7-10,17-18,20,23,38H,5-6,11-15H2,1-4H3/t17-,18+,23?,27-/m0/s1. The van der Waals surface area contributed by atoms with E-state index in [1.807, 2.05) is 25.3 Å². The Morgan fingerprint density at radius 3 is 2.47 bits per heavy atom. The van der Waals surface area contributed by atoms with E-state index in [1.54, 1.807) is 11.8 Å². The molecule has 0 radical (unpaired) electrons. The molecule has 38 heavy (non-hydrogen) atoms. The maximum Gasteiger partial charge on any atom is 0.320 e. The summed E-state index contributed by atoms with van der Waals surface area (Å²) in [7, 11) is 1.56. The van der Waals surface area contributed by atoms with Crippen LogP contribution in [0.4, 0.5) is 10.2 Å². The van der Waals surface area contributed by atoms with Crippen molar-refractivity contribution in [2.75, 3.05) is 51.4 Å². The number of aryl methyl sites for hydroxylation is 1. The van der Waals surface area contributed by atoms with Gasteiger partial charge in [-0.1, -0.05) is 0 Å². The molecule has 3 aliphatic rings. The number of methoxy groups -OCH3 is 1. The molecule has 11 heteroatoms. The predicted molar refractivity (Wildman–Crippen MR) is 147 cm³/mol. The number of alkyl halides is 1. The third-order valence-electron chi connectivity index (χ3n) is 8.03. The molecular weight excluding hydrogens is 507 g/mol. The lowest BCUT2D eigenvalue weighted by Gasteiger charge is -2.47. The van der Waals surface area contributed by atoms with E-state index in [2.05, 4.69) is 44.8 Å². The topological polar surface area (TPSA) is 77.8 Å². The third-order valence-corrected chi connectivity index (χ3v) is 8.78. The lowest BCUT2D eigenvalue weighted by Crippen LogP contribution is -2.57. The highest BCUT2D eigenvalue weighted by Gasteiger charge is 2.45. The van der Waals surface area contributed by atoms with Gasteiger partial charge in [0, 0.05) is 37.6 Å². The van der Waals surface area contributed by atoms with Crippen LogP contribution < -0.4 is 9.64 Å². The number of morpholine rings is 1. The van der Waals surface area contributed by atoms with Crippen LogP contribution in [0, 0.1) is 6.92 Å². The molecule has 0 bridgehead atoms.